The van der Waals surface area contributed by atoms with E-state index >= 15 is 8.78 Å². The highest BCUT2D eigenvalue weighted by molar-refractivity contribution is 6.07. The molecular formula is C27H28F2N6O. The van der Waals surface area contributed by atoms with Gasteiger partial charge in [0.2, 0.25) is 0 Å². The molecule has 0 spiro atoms. The fraction of sp³-hybridized carbons (Fsp3) is 0.333. The molecule has 1 atom stereocenters. The fourth-order valence-corrected chi connectivity index (χ4v) is 4.74. The van der Waals surface area contributed by atoms with Gasteiger partial charge in [-0.25, -0.2) is 13.5 Å². The van der Waals surface area contributed by atoms with Crippen molar-refractivity contribution in [3.8, 4) is 11.3 Å². The van der Waals surface area contributed by atoms with Crippen LogP contribution in [0.1, 0.15) is 60.7 Å². The van der Waals surface area contributed by atoms with Crippen molar-refractivity contribution in [2.75, 3.05) is 0 Å². The lowest BCUT2D eigenvalue weighted by Gasteiger charge is -2.22. The van der Waals surface area contributed by atoms with Crippen LogP contribution in [0.15, 0.2) is 42.7 Å². The number of benzene rings is 1. The van der Waals surface area contributed by atoms with Crippen molar-refractivity contribution < 1.29 is 18.0 Å². The predicted octanol–water partition coefficient (Wildman–Crippen LogP) is 5.58. The first kappa shape index (κ1) is 20.5. The Morgan fingerprint density at radius 3 is 2.64 bits per heavy atom. The first-order valence-corrected chi connectivity index (χ1v) is 11.7. The van der Waals surface area contributed by atoms with Crippen LogP contribution in [0.3, 0.4) is 0 Å². The Hall–Kier alpha value is -3.72. The molecule has 4 heterocycles. The van der Waals surface area contributed by atoms with Crippen LogP contribution < -0.4 is 0 Å². The fourth-order valence-electron chi connectivity index (χ4n) is 4.74. The van der Waals surface area contributed by atoms with Crippen LogP contribution >= 0.6 is 0 Å². The van der Waals surface area contributed by atoms with Gasteiger partial charge in [-0.3, -0.25) is 9.97 Å². The first-order chi connectivity index (χ1) is 18.3. The summed E-state index contributed by atoms with van der Waals surface area (Å²) >= 11 is 0. The minimum atomic E-state index is -2.62. The molecule has 0 saturated heterocycles. The highest BCUT2D eigenvalue weighted by Crippen LogP contribution is 2.39. The van der Waals surface area contributed by atoms with E-state index in [0.717, 1.165) is 0 Å². The van der Waals surface area contributed by atoms with Gasteiger partial charge in [0, 0.05) is 40.1 Å². The molecule has 0 amide bonds. The second-order valence-electron chi connectivity index (χ2n) is 9.46. The molecule has 186 valence electrons. The molecule has 1 N–H and O–H groups in total. The SMILES string of the molecule is [2H]C([2H])([2H])c1nnn(C)c1-c1cc2c(cc1F)c1ncc(C(C)(C)O)cc1n2C(CCC)c1ncccc1F. The number of pyridine rings is 2. The second-order valence-corrected chi connectivity index (χ2v) is 9.46. The van der Waals surface area contributed by atoms with Gasteiger partial charge in [-0.05, 0) is 57.5 Å². The van der Waals surface area contributed by atoms with Crippen LogP contribution in [0.25, 0.3) is 33.2 Å². The largest absolute Gasteiger partial charge is 0.386 e. The number of aryl methyl sites for hydroxylation is 2. The van der Waals surface area contributed by atoms with Gasteiger partial charge in [-0.2, -0.15) is 0 Å². The third-order valence-electron chi connectivity index (χ3n) is 6.49. The monoisotopic (exact) mass is 493 g/mol. The Morgan fingerprint density at radius 2 is 1.94 bits per heavy atom. The van der Waals surface area contributed by atoms with Gasteiger partial charge in [0.05, 0.1) is 45.3 Å². The number of nitrogens with zero attached hydrogens (tertiary/aromatic N) is 6. The number of hydrogen-bond donors (Lipinski definition) is 1. The lowest BCUT2D eigenvalue weighted by molar-refractivity contribution is 0.0784. The Bertz CT molecular complexity index is 1700. The molecule has 0 bridgehead atoms. The van der Waals surface area contributed by atoms with Crippen molar-refractivity contribution in [1.29, 1.82) is 0 Å². The van der Waals surface area contributed by atoms with Gasteiger partial charge in [-0.1, -0.05) is 18.6 Å². The number of aromatic nitrogens is 6. The van der Waals surface area contributed by atoms with Crippen molar-refractivity contribution in [3.63, 3.8) is 0 Å². The van der Waals surface area contributed by atoms with Gasteiger partial charge in [0.1, 0.15) is 11.6 Å². The summed E-state index contributed by atoms with van der Waals surface area (Å²) in [4.78, 5) is 8.93. The lowest BCUT2D eigenvalue weighted by Crippen LogP contribution is -2.17. The number of aliphatic hydroxyl groups is 1. The number of halogens is 2. The molecule has 5 rings (SSSR count). The topological polar surface area (TPSA) is 81.6 Å². The maximum absolute atomic E-state index is 15.8. The van der Waals surface area contributed by atoms with Crippen LogP contribution in [0, 0.1) is 18.5 Å². The minimum absolute atomic E-state index is 0.00960. The minimum Gasteiger partial charge on any atom is -0.386 e. The average Bonchev–Trinajstić information content (AvgIpc) is 3.39. The average molecular weight is 494 g/mol. The maximum atomic E-state index is 15.8. The van der Waals surface area contributed by atoms with Gasteiger partial charge in [0.25, 0.3) is 0 Å². The van der Waals surface area contributed by atoms with Crippen molar-refractivity contribution >= 4 is 21.9 Å². The van der Waals surface area contributed by atoms with E-state index < -0.39 is 30.1 Å². The van der Waals surface area contributed by atoms with Crippen LogP contribution in [0.2, 0.25) is 0 Å². The van der Waals surface area contributed by atoms with Crippen molar-refractivity contribution in [1.82, 2.24) is 29.5 Å². The molecule has 0 saturated carbocycles. The summed E-state index contributed by atoms with van der Waals surface area (Å²) in [5.74, 6) is -1.16. The molecule has 4 aromatic heterocycles. The zero-order valence-electron chi connectivity index (χ0n) is 23.4. The Balaban J connectivity index is 1.92. The van der Waals surface area contributed by atoms with E-state index in [2.05, 4.69) is 20.3 Å². The van der Waals surface area contributed by atoms with E-state index in [0.29, 0.717) is 40.3 Å². The van der Waals surface area contributed by atoms with E-state index in [-0.39, 0.29) is 22.6 Å². The predicted molar refractivity (Wildman–Crippen MR) is 134 cm³/mol. The second kappa shape index (κ2) is 8.74. The van der Waals surface area contributed by atoms with E-state index in [1.807, 2.05) is 11.5 Å². The number of rotatable bonds is 6. The van der Waals surface area contributed by atoms with Crippen molar-refractivity contribution in [2.45, 2.75) is 52.1 Å². The maximum Gasteiger partial charge on any atom is 0.146 e. The number of hydrogen-bond acceptors (Lipinski definition) is 5. The van der Waals surface area contributed by atoms with E-state index in [4.69, 9.17) is 4.11 Å². The molecule has 0 aliphatic heterocycles. The highest BCUT2D eigenvalue weighted by Gasteiger charge is 2.27. The van der Waals surface area contributed by atoms with Gasteiger partial charge in [0.15, 0.2) is 0 Å². The summed E-state index contributed by atoms with van der Waals surface area (Å²) in [5, 5.41) is 18.8. The van der Waals surface area contributed by atoms with Crippen molar-refractivity contribution in [3.05, 3.63) is 71.3 Å². The zero-order chi connectivity index (χ0) is 28.3. The first-order valence-electron chi connectivity index (χ1n) is 13.2. The molecule has 0 fully saturated rings. The van der Waals surface area contributed by atoms with Gasteiger partial charge >= 0.3 is 0 Å². The quantitative estimate of drug-likeness (QED) is 0.334. The third-order valence-corrected chi connectivity index (χ3v) is 6.49. The smallest absolute Gasteiger partial charge is 0.146 e. The Labute approximate surface area is 211 Å². The van der Waals surface area contributed by atoms with Gasteiger partial charge in [-0.15, -0.1) is 5.10 Å². The molecule has 0 radical (unpaired) electrons. The standard InChI is InChI=1S/C27H28F2N6O/c1-6-8-21(25-19(28)9-7-10-30-25)35-22-13-17(26-15(2)32-33-34(26)5)20(29)12-18(22)24-23(35)11-16(14-31-24)27(3,4)36/h7,9-14,21,36H,6,8H2,1-5H3/i2D3. The Morgan fingerprint density at radius 1 is 1.14 bits per heavy atom. The molecule has 9 heteroatoms. The summed E-state index contributed by atoms with van der Waals surface area (Å²) in [6.07, 6.45) is 4.24. The zero-order valence-corrected chi connectivity index (χ0v) is 20.4. The lowest BCUT2D eigenvalue weighted by atomic mass is 10.00. The Kier molecular flexibility index (Phi) is 4.97. The van der Waals surface area contributed by atoms with Crippen LogP contribution in [0.5, 0.6) is 0 Å². The molecule has 1 unspecified atom stereocenters. The summed E-state index contributed by atoms with van der Waals surface area (Å²) in [6, 6.07) is 6.86. The molecule has 0 aliphatic rings. The molecule has 1 aromatic carbocycles. The van der Waals surface area contributed by atoms with E-state index in [9.17, 15) is 5.11 Å². The highest BCUT2D eigenvalue weighted by atomic mass is 19.1. The van der Waals surface area contributed by atoms with Crippen molar-refractivity contribution in [2.24, 2.45) is 7.05 Å². The normalized spacial score (nSPS) is 14.7. The van der Waals surface area contributed by atoms with Gasteiger partial charge < -0.3 is 9.67 Å². The molecule has 0 aliphatic carbocycles. The molecule has 5 aromatic rings. The molecule has 7 nitrogen and oxygen atoms in total. The van der Waals surface area contributed by atoms with Crippen LogP contribution in [0.4, 0.5) is 8.78 Å². The third kappa shape index (κ3) is 3.83. The summed E-state index contributed by atoms with van der Waals surface area (Å²) in [5.41, 5.74) is 0.725. The van der Waals surface area contributed by atoms with Crippen LogP contribution in [-0.2, 0) is 12.6 Å². The summed E-state index contributed by atoms with van der Waals surface area (Å²) in [6.45, 7) is 2.61. The summed E-state index contributed by atoms with van der Waals surface area (Å²) < 4.78 is 57.7. The molecular weight excluding hydrogens is 462 g/mol. The van der Waals surface area contributed by atoms with E-state index in [1.165, 1.54) is 48.4 Å². The van der Waals surface area contributed by atoms with E-state index in [1.54, 1.807) is 19.9 Å². The number of fused-ring (bicyclic) bond motifs is 3. The summed E-state index contributed by atoms with van der Waals surface area (Å²) in [7, 11) is 1.50. The molecule has 36 heavy (non-hydrogen) atoms. The van der Waals surface area contributed by atoms with Crippen LogP contribution in [-0.4, -0.2) is 34.6 Å².